The number of para-hydroxylation sites is 2. The van der Waals surface area contributed by atoms with Crippen molar-refractivity contribution in [1.29, 1.82) is 0 Å². The van der Waals surface area contributed by atoms with Crippen LogP contribution in [-0.4, -0.2) is 25.3 Å². The number of ether oxygens (including phenoxy) is 1. The van der Waals surface area contributed by atoms with E-state index in [9.17, 15) is 4.79 Å². The molecule has 5 nitrogen and oxygen atoms in total. The van der Waals surface area contributed by atoms with Crippen molar-refractivity contribution in [2.75, 3.05) is 19.0 Å². The quantitative estimate of drug-likeness (QED) is 0.819. The molecule has 0 spiro atoms. The summed E-state index contributed by atoms with van der Waals surface area (Å²) in [5, 5.41) is 7.29. The molecule has 1 fully saturated rings. The van der Waals surface area contributed by atoms with Gasteiger partial charge < -0.3 is 10.1 Å². The maximum Gasteiger partial charge on any atom is 0.259 e. The van der Waals surface area contributed by atoms with Crippen molar-refractivity contribution in [2.45, 2.75) is 32.6 Å². The second-order valence-corrected chi connectivity index (χ2v) is 5.47. The SMILES string of the molecule is COc1ccccc1NCC(=O)NN=C1CCC[C@H](C)C1. The summed E-state index contributed by atoms with van der Waals surface area (Å²) in [6.07, 6.45) is 4.39. The van der Waals surface area contributed by atoms with Gasteiger partial charge in [0.1, 0.15) is 5.75 Å². The second-order valence-electron chi connectivity index (χ2n) is 5.47. The molecule has 114 valence electrons. The molecule has 2 rings (SSSR count). The van der Waals surface area contributed by atoms with Gasteiger partial charge in [0.15, 0.2) is 0 Å². The minimum Gasteiger partial charge on any atom is -0.495 e. The van der Waals surface area contributed by atoms with E-state index in [1.54, 1.807) is 7.11 Å². The number of carbonyl (C=O) groups excluding carboxylic acids is 1. The molecule has 1 saturated carbocycles. The second kappa shape index (κ2) is 7.67. The zero-order valence-electron chi connectivity index (χ0n) is 12.7. The molecular formula is C16H23N3O2. The number of nitrogens with zero attached hydrogens (tertiary/aromatic N) is 1. The Bertz CT molecular complexity index is 514. The van der Waals surface area contributed by atoms with Gasteiger partial charge in [0.05, 0.1) is 19.3 Å². The van der Waals surface area contributed by atoms with E-state index in [0.29, 0.717) is 5.92 Å². The first-order valence-corrected chi connectivity index (χ1v) is 7.40. The van der Waals surface area contributed by atoms with Gasteiger partial charge in [0, 0.05) is 5.71 Å². The maximum absolute atomic E-state index is 11.8. The summed E-state index contributed by atoms with van der Waals surface area (Å²) in [4.78, 5) is 11.8. The number of amides is 1. The zero-order valence-corrected chi connectivity index (χ0v) is 12.7. The Hall–Kier alpha value is -2.04. The average Bonchev–Trinajstić information content (AvgIpc) is 2.51. The molecule has 0 bridgehead atoms. The first-order chi connectivity index (χ1) is 10.2. The predicted octanol–water partition coefficient (Wildman–Crippen LogP) is 2.79. The fourth-order valence-corrected chi connectivity index (χ4v) is 2.51. The normalized spacial score (nSPS) is 20.1. The van der Waals surface area contributed by atoms with Crippen molar-refractivity contribution < 1.29 is 9.53 Å². The smallest absolute Gasteiger partial charge is 0.259 e. The van der Waals surface area contributed by atoms with Crippen LogP contribution in [0.15, 0.2) is 29.4 Å². The lowest BCUT2D eigenvalue weighted by atomic mass is 9.89. The van der Waals surface area contributed by atoms with Crippen LogP contribution in [0.25, 0.3) is 0 Å². The monoisotopic (exact) mass is 289 g/mol. The summed E-state index contributed by atoms with van der Waals surface area (Å²) in [5.41, 5.74) is 4.52. The summed E-state index contributed by atoms with van der Waals surface area (Å²) in [7, 11) is 1.61. The molecule has 1 aromatic rings. The van der Waals surface area contributed by atoms with Gasteiger partial charge >= 0.3 is 0 Å². The van der Waals surface area contributed by atoms with E-state index < -0.39 is 0 Å². The van der Waals surface area contributed by atoms with Gasteiger partial charge in [-0.25, -0.2) is 5.43 Å². The Morgan fingerprint density at radius 2 is 2.24 bits per heavy atom. The van der Waals surface area contributed by atoms with Crippen LogP contribution in [0.2, 0.25) is 0 Å². The molecule has 0 unspecified atom stereocenters. The highest BCUT2D eigenvalue weighted by Gasteiger charge is 2.14. The molecule has 1 aliphatic rings. The van der Waals surface area contributed by atoms with E-state index in [2.05, 4.69) is 22.8 Å². The van der Waals surface area contributed by atoms with E-state index in [-0.39, 0.29) is 12.5 Å². The van der Waals surface area contributed by atoms with Crippen LogP contribution >= 0.6 is 0 Å². The van der Waals surface area contributed by atoms with Crippen LogP contribution in [0.5, 0.6) is 5.75 Å². The van der Waals surface area contributed by atoms with Crippen LogP contribution in [0.3, 0.4) is 0 Å². The highest BCUT2D eigenvalue weighted by atomic mass is 16.5. The minimum absolute atomic E-state index is 0.147. The maximum atomic E-state index is 11.8. The number of hydrogen-bond acceptors (Lipinski definition) is 4. The summed E-state index contributed by atoms with van der Waals surface area (Å²) in [6.45, 7) is 2.40. The number of carbonyl (C=O) groups is 1. The molecular weight excluding hydrogens is 266 g/mol. The molecule has 1 aliphatic carbocycles. The molecule has 0 heterocycles. The van der Waals surface area contributed by atoms with Crippen LogP contribution in [-0.2, 0) is 4.79 Å². The van der Waals surface area contributed by atoms with Gasteiger partial charge in [-0.3, -0.25) is 4.79 Å². The van der Waals surface area contributed by atoms with E-state index >= 15 is 0 Å². The Kier molecular flexibility index (Phi) is 5.60. The van der Waals surface area contributed by atoms with Gasteiger partial charge in [-0.15, -0.1) is 0 Å². The van der Waals surface area contributed by atoms with Gasteiger partial charge in [0.2, 0.25) is 0 Å². The number of hydrazone groups is 1. The van der Waals surface area contributed by atoms with E-state index in [0.717, 1.165) is 36.4 Å². The average molecular weight is 289 g/mol. The van der Waals surface area contributed by atoms with Crippen molar-refractivity contribution in [2.24, 2.45) is 11.0 Å². The fraction of sp³-hybridized carbons (Fsp3) is 0.500. The third-order valence-corrected chi connectivity index (χ3v) is 3.63. The molecule has 1 aromatic carbocycles. The number of anilines is 1. The van der Waals surface area contributed by atoms with E-state index in [1.807, 2.05) is 24.3 Å². The first-order valence-electron chi connectivity index (χ1n) is 7.40. The molecule has 0 aliphatic heterocycles. The summed E-state index contributed by atoms with van der Waals surface area (Å²) in [6, 6.07) is 7.51. The van der Waals surface area contributed by atoms with Crippen molar-refractivity contribution in [1.82, 2.24) is 5.43 Å². The summed E-state index contributed by atoms with van der Waals surface area (Å²) in [5.74, 6) is 1.24. The van der Waals surface area contributed by atoms with Gasteiger partial charge in [0.25, 0.3) is 5.91 Å². The molecule has 1 atom stereocenters. The molecule has 21 heavy (non-hydrogen) atoms. The number of benzene rings is 1. The Balaban J connectivity index is 1.81. The highest BCUT2D eigenvalue weighted by molar-refractivity contribution is 5.88. The lowest BCUT2D eigenvalue weighted by Gasteiger charge is -2.19. The highest BCUT2D eigenvalue weighted by Crippen LogP contribution is 2.22. The van der Waals surface area contributed by atoms with Gasteiger partial charge in [-0.2, -0.15) is 5.10 Å². The van der Waals surface area contributed by atoms with Crippen molar-refractivity contribution in [3.63, 3.8) is 0 Å². The number of methoxy groups -OCH3 is 1. The summed E-state index contributed by atoms with van der Waals surface area (Å²) < 4.78 is 5.22. The van der Waals surface area contributed by atoms with Gasteiger partial charge in [-0.1, -0.05) is 19.1 Å². The largest absolute Gasteiger partial charge is 0.495 e. The van der Waals surface area contributed by atoms with Crippen LogP contribution in [0, 0.1) is 5.92 Å². The number of rotatable bonds is 5. The third kappa shape index (κ3) is 4.77. The molecule has 5 heteroatoms. The molecule has 0 saturated heterocycles. The van der Waals surface area contributed by atoms with Crippen LogP contribution in [0.4, 0.5) is 5.69 Å². The molecule has 0 aromatic heterocycles. The standard InChI is InChI=1S/C16H23N3O2/c1-12-6-5-7-13(10-12)18-19-16(20)11-17-14-8-3-4-9-15(14)21-2/h3-4,8-9,12,17H,5-7,10-11H2,1-2H3,(H,19,20)/t12-/m0/s1. The van der Waals surface area contributed by atoms with Crippen LogP contribution in [0.1, 0.15) is 32.6 Å². The van der Waals surface area contributed by atoms with Gasteiger partial charge in [-0.05, 0) is 43.7 Å². The third-order valence-electron chi connectivity index (χ3n) is 3.63. The van der Waals surface area contributed by atoms with E-state index in [1.165, 1.54) is 6.42 Å². The number of nitrogens with one attached hydrogen (secondary N) is 2. The first kappa shape index (κ1) is 15.4. The summed E-state index contributed by atoms with van der Waals surface area (Å²) >= 11 is 0. The van der Waals surface area contributed by atoms with Crippen molar-refractivity contribution >= 4 is 17.3 Å². The predicted molar refractivity (Wildman–Crippen MR) is 84.7 cm³/mol. The van der Waals surface area contributed by atoms with Crippen molar-refractivity contribution in [3.05, 3.63) is 24.3 Å². The lowest BCUT2D eigenvalue weighted by molar-refractivity contribution is -0.119. The van der Waals surface area contributed by atoms with Crippen molar-refractivity contribution in [3.8, 4) is 5.75 Å². The molecule has 0 radical (unpaired) electrons. The fourth-order valence-electron chi connectivity index (χ4n) is 2.51. The lowest BCUT2D eigenvalue weighted by Crippen LogP contribution is -2.28. The van der Waals surface area contributed by atoms with Crippen LogP contribution < -0.4 is 15.5 Å². The van der Waals surface area contributed by atoms with E-state index in [4.69, 9.17) is 4.74 Å². The zero-order chi connectivity index (χ0) is 15.1. The molecule has 1 amide bonds. The molecule has 2 N–H and O–H groups in total. The Morgan fingerprint density at radius 3 is 3.00 bits per heavy atom. The number of hydrogen-bond donors (Lipinski definition) is 2. The Labute approximate surface area is 125 Å². The topological polar surface area (TPSA) is 62.7 Å². The Morgan fingerprint density at radius 1 is 1.43 bits per heavy atom. The minimum atomic E-state index is -0.147.